The van der Waals surface area contributed by atoms with Gasteiger partial charge in [-0.05, 0) is 13.0 Å². The molecule has 6 heteroatoms. The van der Waals surface area contributed by atoms with Gasteiger partial charge in [0.2, 0.25) is 0 Å². The van der Waals surface area contributed by atoms with E-state index in [1.807, 2.05) is 18.2 Å². The molecule has 1 aromatic carbocycles. The number of benzene rings is 1. The summed E-state index contributed by atoms with van der Waals surface area (Å²) in [5.74, 6) is -0.296. The normalized spacial score (nSPS) is 11.4. The van der Waals surface area contributed by atoms with Crippen LogP contribution in [0.3, 0.4) is 0 Å². The number of carbonyl (C=O) groups is 2. The summed E-state index contributed by atoms with van der Waals surface area (Å²) < 4.78 is 15.2. The fourth-order valence-corrected chi connectivity index (χ4v) is 1.63. The molecular weight excluding hydrogens is 286 g/mol. The van der Waals surface area contributed by atoms with Crippen LogP contribution < -0.4 is 10.1 Å². The molecule has 6 nitrogen and oxygen atoms in total. The van der Waals surface area contributed by atoms with Crippen molar-refractivity contribution in [3.8, 4) is 5.75 Å². The minimum absolute atomic E-state index is 0.246. The smallest absolute Gasteiger partial charge is 0.335 e. The number of esters is 1. The van der Waals surface area contributed by atoms with Crippen molar-refractivity contribution >= 4 is 11.9 Å². The van der Waals surface area contributed by atoms with Gasteiger partial charge in [0.1, 0.15) is 5.75 Å². The van der Waals surface area contributed by atoms with Crippen molar-refractivity contribution in [1.82, 2.24) is 5.32 Å². The molecule has 0 radical (unpaired) electrons. The van der Waals surface area contributed by atoms with Crippen molar-refractivity contribution in [3.05, 3.63) is 42.5 Å². The summed E-state index contributed by atoms with van der Waals surface area (Å²) in [7, 11) is 1.56. The van der Waals surface area contributed by atoms with E-state index in [-0.39, 0.29) is 13.2 Å². The number of nitrogens with one attached hydrogen (secondary N) is 1. The standard InChI is InChI=1S/C16H21NO5/c1-4-9-21-12(2)16(19)22-11-15(18)17-10-13-7-5-6-8-14(13)20-3/h4-8,12H,1,9-11H2,2-3H3,(H,17,18). The number of hydrogen-bond donors (Lipinski definition) is 1. The van der Waals surface area contributed by atoms with Crippen LogP contribution in [0.2, 0.25) is 0 Å². The average Bonchev–Trinajstić information content (AvgIpc) is 2.55. The molecule has 0 spiro atoms. The van der Waals surface area contributed by atoms with Crippen molar-refractivity contribution in [2.24, 2.45) is 0 Å². The lowest BCUT2D eigenvalue weighted by Crippen LogP contribution is -2.31. The number of amides is 1. The Morgan fingerprint density at radius 2 is 2.09 bits per heavy atom. The van der Waals surface area contributed by atoms with Crippen LogP contribution in [-0.2, 0) is 25.6 Å². The highest BCUT2D eigenvalue weighted by molar-refractivity contribution is 5.81. The summed E-state index contributed by atoms with van der Waals surface area (Å²) in [4.78, 5) is 23.2. The van der Waals surface area contributed by atoms with Gasteiger partial charge in [-0.1, -0.05) is 24.3 Å². The molecule has 1 aromatic rings. The third-order valence-electron chi connectivity index (χ3n) is 2.81. The molecule has 1 amide bonds. The molecular formula is C16H21NO5. The van der Waals surface area contributed by atoms with E-state index in [0.717, 1.165) is 5.56 Å². The molecule has 0 fully saturated rings. The fraction of sp³-hybridized carbons (Fsp3) is 0.375. The Morgan fingerprint density at radius 3 is 2.77 bits per heavy atom. The summed E-state index contributed by atoms with van der Waals surface area (Å²) in [6.45, 7) is 5.23. The molecule has 1 rings (SSSR count). The van der Waals surface area contributed by atoms with E-state index >= 15 is 0 Å². The van der Waals surface area contributed by atoms with E-state index in [4.69, 9.17) is 14.2 Å². The third kappa shape index (κ3) is 5.97. The van der Waals surface area contributed by atoms with E-state index in [1.165, 1.54) is 6.08 Å². The van der Waals surface area contributed by atoms with E-state index in [2.05, 4.69) is 11.9 Å². The summed E-state index contributed by atoms with van der Waals surface area (Å²) in [6, 6.07) is 7.34. The van der Waals surface area contributed by atoms with Crippen LogP contribution in [0.4, 0.5) is 0 Å². The molecule has 0 aliphatic carbocycles. The predicted octanol–water partition coefficient (Wildman–Crippen LogP) is 1.45. The lowest BCUT2D eigenvalue weighted by atomic mass is 10.2. The largest absolute Gasteiger partial charge is 0.496 e. The maximum Gasteiger partial charge on any atom is 0.335 e. The monoisotopic (exact) mass is 307 g/mol. The van der Waals surface area contributed by atoms with Crippen LogP contribution in [0.25, 0.3) is 0 Å². The van der Waals surface area contributed by atoms with Crippen LogP contribution in [0.5, 0.6) is 5.75 Å². The third-order valence-corrected chi connectivity index (χ3v) is 2.81. The average molecular weight is 307 g/mol. The second-order valence-corrected chi connectivity index (χ2v) is 4.46. The number of carbonyl (C=O) groups excluding carboxylic acids is 2. The van der Waals surface area contributed by atoms with Crippen LogP contribution in [0.1, 0.15) is 12.5 Å². The highest BCUT2D eigenvalue weighted by Crippen LogP contribution is 2.16. The number of ether oxygens (including phenoxy) is 3. The Labute approximate surface area is 130 Å². The van der Waals surface area contributed by atoms with Crippen LogP contribution in [-0.4, -0.2) is 38.3 Å². The van der Waals surface area contributed by atoms with Gasteiger partial charge < -0.3 is 19.5 Å². The Balaban J connectivity index is 2.34. The number of hydrogen-bond acceptors (Lipinski definition) is 5. The number of para-hydroxylation sites is 1. The Kier molecular flexibility index (Phi) is 7.70. The van der Waals surface area contributed by atoms with Gasteiger partial charge in [0, 0.05) is 12.1 Å². The zero-order valence-electron chi connectivity index (χ0n) is 12.8. The second-order valence-electron chi connectivity index (χ2n) is 4.46. The molecule has 0 saturated carbocycles. The maximum atomic E-state index is 11.7. The van der Waals surface area contributed by atoms with Gasteiger partial charge in [0.05, 0.1) is 13.7 Å². The first-order valence-electron chi connectivity index (χ1n) is 6.86. The molecule has 0 aromatic heterocycles. The zero-order chi connectivity index (χ0) is 16.4. The minimum Gasteiger partial charge on any atom is -0.496 e. The minimum atomic E-state index is -0.736. The molecule has 120 valence electrons. The molecule has 1 N–H and O–H groups in total. The van der Waals surface area contributed by atoms with Crippen molar-refractivity contribution in [2.75, 3.05) is 20.3 Å². The molecule has 0 heterocycles. The fourth-order valence-electron chi connectivity index (χ4n) is 1.63. The van der Waals surface area contributed by atoms with Crippen molar-refractivity contribution in [3.63, 3.8) is 0 Å². The van der Waals surface area contributed by atoms with Gasteiger partial charge in [-0.25, -0.2) is 4.79 Å². The summed E-state index contributed by atoms with van der Waals surface area (Å²) in [5, 5.41) is 2.66. The Bertz CT molecular complexity index is 515. The van der Waals surface area contributed by atoms with Gasteiger partial charge in [-0.3, -0.25) is 4.79 Å². The first-order chi connectivity index (χ1) is 10.6. The molecule has 22 heavy (non-hydrogen) atoms. The van der Waals surface area contributed by atoms with Gasteiger partial charge >= 0.3 is 5.97 Å². The zero-order valence-corrected chi connectivity index (χ0v) is 12.8. The summed E-state index contributed by atoms with van der Waals surface area (Å²) >= 11 is 0. The predicted molar refractivity (Wildman–Crippen MR) is 81.4 cm³/mol. The van der Waals surface area contributed by atoms with E-state index in [1.54, 1.807) is 20.1 Å². The van der Waals surface area contributed by atoms with Gasteiger partial charge in [-0.2, -0.15) is 0 Å². The van der Waals surface area contributed by atoms with Crippen LogP contribution >= 0.6 is 0 Å². The van der Waals surface area contributed by atoms with Gasteiger partial charge in [0.15, 0.2) is 12.7 Å². The van der Waals surface area contributed by atoms with Crippen molar-refractivity contribution in [2.45, 2.75) is 19.6 Å². The van der Waals surface area contributed by atoms with Gasteiger partial charge in [0.25, 0.3) is 5.91 Å². The van der Waals surface area contributed by atoms with Crippen LogP contribution in [0, 0.1) is 0 Å². The summed E-state index contributed by atoms with van der Waals surface area (Å²) in [5.41, 5.74) is 0.840. The lowest BCUT2D eigenvalue weighted by Gasteiger charge is -2.12. The second kappa shape index (κ2) is 9.57. The molecule has 0 bridgehead atoms. The molecule has 0 aliphatic heterocycles. The highest BCUT2D eigenvalue weighted by Gasteiger charge is 2.16. The van der Waals surface area contributed by atoms with Crippen molar-refractivity contribution in [1.29, 1.82) is 0 Å². The number of rotatable bonds is 9. The Hall–Kier alpha value is -2.34. The topological polar surface area (TPSA) is 73.9 Å². The first kappa shape index (κ1) is 17.7. The number of methoxy groups -OCH3 is 1. The Morgan fingerprint density at radius 1 is 1.36 bits per heavy atom. The van der Waals surface area contributed by atoms with Crippen molar-refractivity contribution < 1.29 is 23.8 Å². The van der Waals surface area contributed by atoms with E-state index in [0.29, 0.717) is 12.3 Å². The molecule has 1 unspecified atom stereocenters. The first-order valence-corrected chi connectivity index (χ1v) is 6.86. The van der Waals surface area contributed by atoms with Crippen LogP contribution in [0.15, 0.2) is 36.9 Å². The quantitative estimate of drug-likeness (QED) is 0.552. The highest BCUT2D eigenvalue weighted by atomic mass is 16.6. The maximum absolute atomic E-state index is 11.7. The summed E-state index contributed by atoms with van der Waals surface area (Å²) in [6.07, 6.45) is 0.795. The van der Waals surface area contributed by atoms with E-state index < -0.39 is 18.0 Å². The molecule has 0 saturated heterocycles. The van der Waals surface area contributed by atoms with E-state index in [9.17, 15) is 9.59 Å². The SMILES string of the molecule is C=CCOC(C)C(=O)OCC(=O)NCc1ccccc1OC. The molecule has 1 atom stereocenters. The molecule has 0 aliphatic rings. The van der Waals surface area contributed by atoms with Gasteiger partial charge in [-0.15, -0.1) is 6.58 Å². The lowest BCUT2D eigenvalue weighted by molar-refractivity contribution is -0.158.